The number of hydrogen-bond acceptors (Lipinski definition) is 6. The smallest absolute Gasteiger partial charge is 0.327 e. The third-order valence-electron chi connectivity index (χ3n) is 6.60. The highest BCUT2D eigenvalue weighted by atomic mass is 32.2. The van der Waals surface area contributed by atoms with Crippen LogP contribution in [0.25, 0.3) is 11.0 Å². The average molecular weight is 478 g/mol. The number of urea groups is 1. The van der Waals surface area contributed by atoms with Crippen LogP contribution in [0.5, 0.6) is 0 Å². The fourth-order valence-corrected chi connectivity index (χ4v) is 5.57. The highest BCUT2D eigenvalue weighted by Gasteiger charge is 2.49. The molecule has 1 atom stereocenters. The van der Waals surface area contributed by atoms with Gasteiger partial charge in [0.15, 0.2) is 0 Å². The first-order valence-corrected chi connectivity index (χ1v) is 12.3. The van der Waals surface area contributed by atoms with E-state index in [0.29, 0.717) is 5.58 Å². The molecule has 0 unspecified atom stereocenters. The second-order valence-corrected chi connectivity index (χ2v) is 10.7. The molecule has 1 fully saturated rings. The van der Waals surface area contributed by atoms with Crippen LogP contribution in [0.15, 0.2) is 27.5 Å². The first-order valence-electron chi connectivity index (χ1n) is 10.8. The molecule has 11 heteroatoms. The molecule has 1 aromatic heterocycles. The first-order chi connectivity index (χ1) is 15.4. The van der Waals surface area contributed by atoms with E-state index in [-0.39, 0.29) is 17.9 Å². The van der Waals surface area contributed by atoms with E-state index in [1.54, 1.807) is 19.9 Å². The van der Waals surface area contributed by atoms with Gasteiger partial charge in [0, 0.05) is 37.0 Å². The molecule has 2 aliphatic rings. The van der Waals surface area contributed by atoms with Gasteiger partial charge in [0.2, 0.25) is 10.0 Å². The fourth-order valence-electron chi connectivity index (χ4n) is 4.34. The van der Waals surface area contributed by atoms with Gasteiger partial charge in [-0.1, -0.05) is 0 Å². The summed E-state index contributed by atoms with van der Waals surface area (Å²) >= 11 is 0. The van der Waals surface area contributed by atoms with Gasteiger partial charge in [-0.2, -0.15) is 4.72 Å². The topological polar surface area (TPSA) is 137 Å². The van der Waals surface area contributed by atoms with Crippen molar-refractivity contribution in [2.24, 2.45) is 0 Å². The summed E-state index contributed by atoms with van der Waals surface area (Å²) in [6.45, 7) is 2.95. The predicted molar refractivity (Wildman–Crippen MR) is 118 cm³/mol. The monoisotopic (exact) mass is 477 g/mol. The second-order valence-electron chi connectivity index (χ2n) is 9.03. The number of amides is 3. The summed E-state index contributed by atoms with van der Waals surface area (Å²) in [6, 6.07) is 2.44. The average Bonchev–Trinajstić information content (AvgIpc) is 3.20. The molecular weight excluding hydrogens is 450 g/mol. The van der Waals surface area contributed by atoms with Crippen LogP contribution in [0.2, 0.25) is 0 Å². The molecule has 2 N–H and O–H groups in total. The number of carbonyl (C=O) groups is 3. The number of likely N-dealkylation sites (N-methyl/N-ethyl adjacent to an activating group) is 1. The Labute approximate surface area is 191 Å². The highest BCUT2D eigenvalue weighted by Crippen LogP contribution is 2.33. The van der Waals surface area contributed by atoms with Crippen molar-refractivity contribution in [1.29, 1.82) is 0 Å². The van der Waals surface area contributed by atoms with E-state index in [0.717, 1.165) is 47.3 Å². The number of imide groups is 1. The number of rotatable bonds is 7. The zero-order valence-electron chi connectivity index (χ0n) is 18.8. The number of aliphatic carboxylic acids is 1. The molecule has 0 spiro atoms. The Bertz CT molecular complexity index is 1250. The molecule has 33 heavy (non-hydrogen) atoms. The number of fused-ring (bicyclic) bond motifs is 3. The van der Waals surface area contributed by atoms with Gasteiger partial charge >= 0.3 is 12.0 Å². The molecule has 1 aromatic carbocycles. The number of furan rings is 1. The Kier molecular flexibility index (Phi) is 5.73. The van der Waals surface area contributed by atoms with E-state index in [1.807, 2.05) is 0 Å². The van der Waals surface area contributed by atoms with Crippen LogP contribution in [-0.4, -0.2) is 66.4 Å². The maximum atomic E-state index is 12.9. The number of sulfonamides is 1. The van der Waals surface area contributed by atoms with Crippen molar-refractivity contribution >= 4 is 38.9 Å². The van der Waals surface area contributed by atoms with Crippen molar-refractivity contribution in [2.75, 3.05) is 13.6 Å². The number of aryl methyl sites for hydroxylation is 2. The normalized spacial score (nSPS) is 19.2. The van der Waals surface area contributed by atoms with E-state index in [1.165, 1.54) is 24.1 Å². The second kappa shape index (κ2) is 8.14. The standard InChI is InChI=1S/C22H27N3O7S/c1-22(2)20(28)25(21(29)24(22)3)11-10-16(19(26)27)23-33(30,31)13-8-9-15-14-6-4-5-7-17(14)32-18(15)12-13/h8-9,12,16,23H,4-7,10-11H2,1-3H3,(H,26,27)/t16-/m0/s1. The number of nitrogens with zero attached hydrogens (tertiary/aromatic N) is 2. The third-order valence-corrected chi connectivity index (χ3v) is 8.07. The van der Waals surface area contributed by atoms with E-state index in [9.17, 15) is 27.9 Å². The number of nitrogens with one attached hydrogen (secondary N) is 1. The zero-order chi connectivity index (χ0) is 24.1. The summed E-state index contributed by atoms with van der Waals surface area (Å²) in [4.78, 5) is 38.8. The summed E-state index contributed by atoms with van der Waals surface area (Å²) in [5.74, 6) is -0.996. The minimum atomic E-state index is -4.19. The molecule has 1 saturated heterocycles. The lowest BCUT2D eigenvalue weighted by molar-refractivity contribution is -0.139. The molecule has 0 bridgehead atoms. The quantitative estimate of drug-likeness (QED) is 0.583. The molecule has 2 heterocycles. The summed E-state index contributed by atoms with van der Waals surface area (Å²) in [6.07, 6.45) is 3.50. The number of carboxylic acids is 1. The van der Waals surface area contributed by atoms with Crippen LogP contribution in [0.3, 0.4) is 0 Å². The fraction of sp³-hybridized carbons (Fsp3) is 0.500. The summed E-state index contributed by atoms with van der Waals surface area (Å²) in [7, 11) is -2.71. The zero-order valence-corrected chi connectivity index (χ0v) is 19.6. The minimum Gasteiger partial charge on any atom is -0.480 e. The van der Waals surface area contributed by atoms with Gasteiger partial charge in [0.25, 0.3) is 5.91 Å². The van der Waals surface area contributed by atoms with Crippen molar-refractivity contribution in [3.8, 4) is 0 Å². The maximum Gasteiger partial charge on any atom is 0.327 e. The van der Waals surface area contributed by atoms with Crippen molar-refractivity contribution in [3.05, 3.63) is 29.5 Å². The summed E-state index contributed by atoms with van der Waals surface area (Å²) in [5, 5.41) is 10.5. The van der Waals surface area contributed by atoms with E-state index in [2.05, 4.69) is 4.72 Å². The molecule has 2 aromatic rings. The molecule has 10 nitrogen and oxygen atoms in total. The van der Waals surface area contributed by atoms with Gasteiger partial charge in [-0.25, -0.2) is 13.2 Å². The van der Waals surface area contributed by atoms with Crippen LogP contribution in [0, 0.1) is 0 Å². The van der Waals surface area contributed by atoms with Gasteiger partial charge in [-0.15, -0.1) is 0 Å². The molecule has 0 radical (unpaired) electrons. The van der Waals surface area contributed by atoms with Crippen molar-refractivity contribution in [3.63, 3.8) is 0 Å². The SMILES string of the molecule is CN1C(=O)N(CC[C@H](NS(=O)(=O)c2ccc3c4c(oc3c2)CCCC4)C(=O)O)C(=O)C1(C)C. The van der Waals surface area contributed by atoms with Crippen molar-refractivity contribution < 1.29 is 32.3 Å². The van der Waals surface area contributed by atoms with Crippen molar-refractivity contribution in [1.82, 2.24) is 14.5 Å². The van der Waals surface area contributed by atoms with Crippen molar-refractivity contribution in [2.45, 2.75) is 62.4 Å². The third kappa shape index (κ3) is 3.99. The molecule has 1 aliphatic carbocycles. The number of hydrogen-bond donors (Lipinski definition) is 2. The lowest BCUT2D eigenvalue weighted by Crippen LogP contribution is -2.44. The Morgan fingerprint density at radius 3 is 2.58 bits per heavy atom. The first kappa shape index (κ1) is 23.2. The van der Waals surface area contributed by atoms with E-state index < -0.39 is 39.5 Å². The molecular formula is C22H27N3O7S. The number of carbonyl (C=O) groups excluding carboxylic acids is 2. The van der Waals surface area contributed by atoms with Gasteiger partial charge in [-0.3, -0.25) is 14.5 Å². The van der Waals surface area contributed by atoms with Crippen LogP contribution in [0.1, 0.15) is 44.4 Å². The maximum absolute atomic E-state index is 12.9. The summed E-state index contributed by atoms with van der Waals surface area (Å²) in [5.41, 5.74) is 0.506. The molecule has 178 valence electrons. The summed E-state index contributed by atoms with van der Waals surface area (Å²) < 4.78 is 33.9. The Hall–Kier alpha value is -2.92. The predicted octanol–water partition coefficient (Wildman–Crippen LogP) is 2.11. The highest BCUT2D eigenvalue weighted by molar-refractivity contribution is 7.89. The Morgan fingerprint density at radius 2 is 1.94 bits per heavy atom. The number of benzene rings is 1. The largest absolute Gasteiger partial charge is 0.480 e. The molecule has 0 saturated carbocycles. The van der Waals surface area contributed by atoms with Crippen LogP contribution < -0.4 is 4.72 Å². The molecule has 1 aliphatic heterocycles. The lowest BCUT2D eigenvalue weighted by Gasteiger charge is -2.22. The Balaban J connectivity index is 1.52. The van der Waals surface area contributed by atoms with Crippen LogP contribution in [-0.2, 0) is 32.5 Å². The lowest BCUT2D eigenvalue weighted by atomic mass is 9.96. The van der Waals surface area contributed by atoms with Gasteiger partial charge < -0.3 is 14.4 Å². The van der Waals surface area contributed by atoms with Gasteiger partial charge in [0.05, 0.1) is 4.90 Å². The number of carboxylic acid groups (broad SMARTS) is 1. The molecule has 3 amide bonds. The van der Waals surface area contributed by atoms with Gasteiger partial charge in [0.1, 0.15) is 22.9 Å². The van der Waals surface area contributed by atoms with E-state index >= 15 is 0 Å². The van der Waals surface area contributed by atoms with Gasteiger partial charge in [-0.05, 0) is 51.7 Å². The van der Waals surface area contributed by atoms with E-state index in [4.69, 9.17) is 4.42 Å². The minimum absolute atomic E-state index is 0.110. The van der Waals surface area contributed by atoms with Crippen LogP contribution in [0.4, 0.5) is 4.79 Å². The Morgan fingerprint density at radius 1 is 1.24 bits per heavy atom. The van der Waals surface area contributed by atoms with Crippen LogP contribution >= 0.6 is 0 Å². The molecule has 4 rings (SSSR count).